The molecule has 1 aliphatic rings. The summed E-state index contributed by atoms with van der Waals surface area (Å²) in [5, 5.41) is 3.20. The van der Waals surface area contributed by atoms with E-state index in [0.29, 0.717) is 42.4 Å². The summed E-state index contributed by atoms with van der Waals surface area (Å²) < 4.78 is 6.67. The molecule has 11 heteroatoms. The molecule has 6 heterocycles. The summed E-state index contributed by atoms with van der Waals surface area (Å²) in [6, 6.07) is 5.17. The summed E-state index contributed by atoms with van der Waals surface area (Å²) in [6.07, 6.45) is 6.93. The number of aliphatic imine (C=N–C) groups is 1. The lowest BCUT2D eigenvalue weighted by Crippen LogP contribution is -2.13. The zero-order chi connectivity index (χ0) is 33.0. The largest absolute Gasteiger partial charge is 0.331 e. The van der Waals surface area contributed by atoms with E-state index in [1.807, 2.05) is 18.3 Å². The molecular weight excluding hydrogens is 562 g/mol. The predicted octanol–water partition coefficient (Wildman–Crippen LogP) is 8.21. The van der Waals surface area contributed by atoms with Crippen LogP contribution in [-0.4, -0.2) is 49.9 Å². The van der Waals surface area contributed by atoms with E-state index in [0.717, 1.165) is 51.3 Å². The van der Waals surface area contributed by atoms with Gasteiger partial charge in [0.1, 0.15) is 46.3 Å². The third-order valence-electron chi connectivity index (χ3n) is 7.50. The van der Waals surface area contributed by atoms with Gasteiger partial charge in [0.15, 0.2) is 11.3 Å². The van der Waals surface area contributed by atoms with Gasteiger partial charge in [0.25, 0.3) is 0 Å². The van der Waals surface area contributed by atoms with Crippen LogP contribution in [0, 0.1) is 0 Å². The molecule has 0 saturated carbocycles. The van der Waals surface area contributed by atoms with Gasteiger partial charge in [0.2, 0.25) is 0 Å². The molecule has 5 aromatic heterocycles. The lowest BCUT2D eigenvalue weighted by atomic mass is 10.2. The van der Waals surface area contributed by atoms with Crippen molar-refractivity contribution in [3.63, 3.8) is 0 Å². The molecule has 0 atom stereocenters. The molecule has 0 fully saturated rings. The van der Waals surface area contributed by atoms with E-state index in [-0.39, 0.29) is 0 Å². The van der Waals surface area contributed by atoms with Crippen molar-refractivity contribution in [2.45, 2.75) is 126 Å². The van der Waals surface area contributed by atoms with Crippen molar-refractivity contribution in [2.24, 2.45) is 4.99 Å². The Morgan fingerprint density at radius 3 is 1.73 bits per heavy atom. The molecule has 0 radical (unpaired) electrons. The van der Waals surface area contributed by atoms with Gasteiger partial charge >= 0.3 is 0 Å². The van der Waals surface area contributed by atoms with E-state index in [4.69, 9.17) is 0 Å². The number of fused-ring (bicyclic) bond motifs is 3. The van der Waals surface area contributed by atoms with Gasteiger partial charge in [-0.25, -0.2) is 29.9 Å². The first-order valence-corrected chi connectivity index (χ1v) is 16.2. The fourth-order valence-corrected chi connectivity index (χ4v) is 5.58. The Labute approximate surface area is 267 Å². The molecule has 1 aliphatic heterocycles. The van der Waals surface area contributed by atoms with Crippen LogP contribution >= 0.6 is 0 Å². The van der Waals surface area contributed by atoms with E-state index in [1.165, 1.54) is 0 Å². The van der Waals surface area contributed by atoms with Crippen molar-refractivity contribution < 1.29 is 0 Å². The number of imidazole rings is 3. The maximum absolute atomic E-state index is 4.66. The molecule has 1 N–H and O–H groups in total. The molecule has 0 spiro atoms. The first kappa shape index (κ1) is 33.7. The van der Waals surface area contributed by atoms with Crippen LogP contribution in [0.5, 0.6) is 0 Å². The van der Waals surface area contributed by atoms with E-state index in [1.54, 1.807) is 18.9 Å². The van der Waals surface area contributed by atoms with Gasteiger partial charge in [0, 0.05) is 42.1 Å². The smallest absolute Gasteiger partial charge is 0.163 e. The van der Waals surface area contributed by atoms with Crippen LogP contribution in [0.15, 0.2) is 35.8 Å². The van der Waals surface area contributed by atoms with Crippen molar-refractivity contribution in [3.8, 4) is 0 Å². The monoisotopic (exact) mass is 613 g/mol. The number of aromatic nitrogens is 9. The molecule has 11 nitrogen and oxygen atoms in total. The summed E-state index contributed by atoms with van der Waals surface area (Å²) in [6.45, 7) is 26.7. The number of pyridine rings is 1. The Bertz CT molecular complexity index is 1640. The number of anilines is 1. The first-order chi connectivity index (χ1) is 21.3. The van der Waals surface area contributed by atoms with Crippen molar-refractivity contribution in [1.82, 2.24) is 43.6 Å². The quantitative estimate of drug-likeness (QED) is 0.205. The fourth-order valence-electron chi connectivity index (χ4n) is 5.58. The zero-order valence-electron chi connectivity index (χ0n) is 29.1. The normalized spacial score (nSPS) is 12.8. The molecule has 0 bridgehead atoms. The number of nitrogens with one attached hydrogen (secondary N) is 1. The van der Waals surface area contributed by atoms with E-state index in [9.17, 15) is 0 Å². The molecule has 0 amide bonds. The topological polar surface area (TPSA) is 117 Å². The standard InChI is InChI=1S/C12H17N3.C11H18N4.C11H16N4/c1-8(2)11-14-10-6-5-7-13-12(10)15(11)9(3)4;2*1-7(2)10-14-9-5-12-6-13-11(9)15(10)8(3)4/h5-9H,1-4H3;6-8H,5H2,1-4H3,(H,12,13);5-8H,1-4H3. The highest BCUT2D eigenvalue weighted by molar-refractivity contribution is 5.77. The molecule has 0 aromatic carbocycles. The van der Waals surface area contributed by atoms with Crippen molar-refractivity contribution in [3.05, 3.63) is 54.0 Å². The van der Waals surface area contributed by atoms with E-state index in [2.05, 4.69) is 137 Å². The number of rotatable bonds is 6. The SMILES string of the molecule is CC(C)c1nc2c(n1C(C)C)NC=NC2.CC(C)c1nc2cccnc2n1C(C)C.CC(C)c1nc2cncnc2n1C(C)C. The summed E-state index contributed by atoms with van der Waals surface area (Å²) in [5.74, 6) is 5.75. The first-order valence-electron chi connectivity index (χ1n) is 16.2. The number of nitrogens with zero attached hydrogens (tertiary/aromatic N) is 10. The van der Waals surface area contributed by atoms with Gasteiger partial charge in [-0.3, -0.25) is 4.99 Å². The third-order valence-corrected chi connectivity index (χ3v) is 7.50. The molecule has 6 rings (SSSR count). The van der Waals surface area contributed by atoms with Gasteiger partial charge in [-0.05, 0) is 53.7 Å². The predicted molar refractivity (Wildman–Crippen MR) is 184 cm³/mol. The summed E-state index contributed by atoms with van der Waals surface area (Å²) in [7, 11) is 0. The average Bonchev–Trinajstić information content (AvgIpc) is 3.69. The van der Waals surface area contributed by atoms with Crippen LogP contribution in [0.3, 0.4) is 0 Å². The molecule has 0 unspecified atom stereocenters. The van der Waals surface area contributed by atoms with Crippen molar-refractivity contribution >= 4 is 34.5 Å². The second-order valence-electron chi connectivity index (χ2n) is 13.3. The Morgan fingerprint density at radius 2 is 1.18 bits per heavy atom. The molecule has 45 heavy (non-hydrogen) atoms. The van der Waals surface area contributed by atoms with Gasteiger partial charge in [-0.1, -0.05) is 41.5 Å². The van der Waals surface area contributed by atoms with E-state index >= 15 is 0 Å². The van der Waals surface area contributed by atoms with Gasteiger partial charge in [-0.2, -0.15) is 0 Å². The minimum atomic E-state index is 0.377. The maximum Gasteiger partial charge on any atom is 0.163 e. The number of hydrogen-bond acceptors (Lipinski definition) is 8. The minimum Gasteiger partial charge on any atom is -0.331 e. The van der Waals surface area contributed by atoms with Crippen LogP contribution < -0.4 is 5.32 Å². The van der Waals surface area contributed by atoms with Gasteiger partial charge in [-0.15, -0.1) is 0 Å². The van der Waals surface area contributed by atoms with Crippen molar-refractivity contribution in [2.75, 3.05) is 5.32 Å². The molecule has 242 valence electrons. The molecule has 0 saturated heterocycles. The summed E-state index contributed by atoms with van der Waals surface area (Å²) in [5.41, 5.74) is 4.87. The molecule has 0 aliphatic carbocycles. The maximum atomic E-state index is 4.66. The fraction of sp³-hybridized carbons (Fsp3) is 0.559. The third kappa shape index (κ3) is 7.23. The Kier molecular flexibility index (Phi) is 10.7. The Balaban J connectivity index is 0.000000154. The average molecular weight is 614 g/mol. The Morgan fingerprint density at radius 1 is 0.644 bits per heavy atom. The number of hydrogen-bond donors (Lipinski definition) is 1. The summed E-state index contributed by atoms with van der Waals surface area (Å²) in [4.78, 5) is 30.7. The molecule has 5 aromatic rings. The lowest BCUT2D eigenvalue weighted by molar-refractivity contribution is 0.556. The van der Waals surface area contributed by atoms with Crippen LogP contribution in [0.25, 0.3) is 22.3 Å². The second-order valence-corrected chi connectivity index (χ2v) is 13.3. The van der Waals surface area contributed by atoms with E-state index < -0.39 is 0 Å². The lowest BCUT2D eigenvalue weighted by Gasteiger charge is -2.18. The van der Waals surface area contributed by atoms with Crippen LogP contribution in [0.2, 0.25) is 0 Å². The van der Waals surface area contributed by atoms with Crippen molar-refractivity contribution in [1.29, 1.82) is 0 Å². The minimum absolute atomic E-state index is 0.377. The highest BCUT2D eigenvalue weighted by Gasteiger charge is 2.22. The van der Waals surface area contributed by atoms with Crippen LogP contribution in [0.1, 0.15) is 142 Å². The van der Waals surface area contributed by atoms with Crippen LogP contribution in [0.4, 0.5) is 5.82 Å². The summed E-state index contributed by atoms with van der Waals surface area (Å²) >= 11 is 0. The zero-order valence-corrected chi connectivity index (χ0v) is 29.1. The Hall–Kier alpha value is -4.15. The van der Waals surface area contributed by atoms with Gasteiger partial charge in [0.05, 0.1) is 19.1 Å². The molecular formula is C34H51N11. The van der Waals surface area contributed by atoms with Gasteiger partial charge < -0.3 is 19.0 Å². The van der Waals surface area contributed by atoms with Crippen LogP contribution in [-0.2, 0) is 6.54 Å². The second kappa shape index (κ2) is 14.3. The highest BCUT2D eigenvalue weighted by atomic mass is 15.2. The highest BCUT2D eigenvalue weighted by Crippen LogP contribution is 2.29.